The van der Waals surface area contributed by atoms with Crippen LogP contribution in [0.2, 0.25) is 0 Å². The molecule has 17 heavy (non-hydrogen) atoms. The fourth-order valence-electron chi connectivity index (χ4n) is 2.11. The molecule has 0 aliphatic heterocycles. The van der Waals surface area contributed by atoms with Crippen molar-refractivity contribution in [3.63, 3.8) is 0 Å². The van der Waals surface area contributed by atoms with E-state index in [9.17, 15) is 0 Å². The second-order valence-electron chi connectivity index (χ2n) is 4.36. The van der Waals surface area contributed by atoms with Crippen LogP contribution in [0.4, 0.5) is 0 Å². The highest BCUT2D eigenvalue weighted by Gasteiger charge is 2.12. The molecule has 1 aromatic carbocycles. The molecule has 0 saturated carbocycles. The van der Waals surface area contributed by atoms with Crippen LogP contribution in [0.1, 0.15) is 49.4 Å². The molecule has 0 saturated heterocycles. The summed E-state index contributed by atoms with van der Waals surface area (Å²) in [6.07, 6.45) is 2.04. The summed E-state index contributed by atoms with van der Waals surface area (Å²) in [5.74, 6) is 6.12. The molecule has 1 unspecified atom stereocenters. The highest BCUT2D eigenvalue weighted by molar-refractivity contribution is 5.35. The lowest BCUT2D eigenvalue weighted by molar-refractivity contribution is 0.520. The maximum Gasteiger partial charge on any atom is 0.0331 e. The van der Waals surface area contributed by atoms with Gasteiger partial charge in [0.05, 0.1) is 0 Å². The van der Waals surface area contributed by atoms with Crippen LogP contribution in [0.15, 0.2) is 18.2 Å². The Balaban J connectivity index is 2.87. The Hall–Kier alpha value is -1.26. The van der Waals surface area contributed by atoms with Gasteiger partial charge in [-0.3, -0.25) is 0 Å². The summed E-state index contributed by atoms with van der Waals surface area (Å²) >= 11 is 0. The predicted molar refractivity (Wildman–Crippen MR) is 75.0 cm³/mol. The first kappa shape index (κ1) is 13.8. The van der Waals surface area contributed by atoms with Gasteiger partial charge in [0.1, 0.15) is 0 Å². The summed E-state index contributed by atoms with van der Waals surface area (Å²) in [5.41, 5.74) is 4.19. The maximum atomic E-state index is 3.56. The van der Waals surface area contributed by atoms with Gasteiger partial charge >= 0.3 is 0 Å². The van der Waals surface area contributed by atoms with Gasteiger partial charge in [0.25, 0.3) is 0 Å². The zero-order valence-corrected chi connectivity index (χ0v) is 11.4. The first-order valence-electron chi connectivity index (χ1n) is 6.39. The quantitative estimate of drug-likeness (QED) is 0.758. The Morgan fingerprint density at radius 3 is 2.71 bits per heavy atom. The molecule has 1 rings (SSSR count). The zero-order chi connectivity index (χ0) is 12.7. The topological polar surface area (TPSA) is 12.0 Å². The SMILES string of the molecule is CC#CCCC(NCC)c1cccc(C)c1C. The molecule has 0 radical (unpaired) electrons. The minimum Gasteiger partial charge on any atom is -0.310 e. The van der Waals surface area contributed by atoms with Crippen LogP contribution in [-0.2, 0) is 0 Å². The molecular weight excluding hydrogens is 206 g/mol. The normalized spacial score (nSPS) is 11.8. The lowest BCUT2D eigenvalue weighted by atomic mass is 9.94. The summed E-state index contributed by atoms with van der Waals surface area (Å²) in [4.78, 5) is 0. The van der Waals surface area contributed by atoms with E-state index in [2.05, 4.69) is 56.1 Å². The molecule has 1 nitrogen and oxygen atoms in total. The van der Waals surface area contributed by atoms with Crippen LogP contribution in [0.3, 0.4) is 0 Å². The van der Waals surface area contributed by atoms with Crippen molar-refractivity contribution in [2.45, 2.75) is 46.6 Å². The minimum atomic E-state index is 0.431. The smallest absolute Gasteiger partial charge is 0.0331 e. The van der Waals surface area contributed by atoms with Crippen LogP contribution in [0, 0.1) is 25.7 Å². The van der Waals surface area contributed by atoms with Crippen LogP contribution >= 0.6 is 0 Å². The second-order valence-corrected chi connectivity index (χ2v) is 4.36. The lowest BCUT2D eigenvalue weighted by Gasteiger charge is -2.20. The Morgan fingerprint density at radius 1 is 1.29 bits per heavy atom. The van der Waals surface area contributed by atoms with Gasteiger partial charge in [0.2, 0.25) is 0 Å². The van der Waals surface area contributed by atoms with Gasteiger partial charge in [-0.2, -0.15) is 0 Å². The Kier molecular flexibility index (Phi) is 5.80. The van der Waals surface area contributed by atoms with Crippen LogP contribution < -0.4 is 5.32 Å². The van der Waals surface area contributed by atoms with Crippen molar-refractivity contribution in [3.8, 4) is 11.8 Å². The molecule has 0 fully saturated rings. The van der Waals surface area contributed by atoms with E-state index >= 15 is 0 Å². The molecule has 0 spiro atoms. The molecule has 1 aromatic rings. The number of hydrogen-bond acceptors (Lipinski definition) is 1. The standard InChI is InChI=1S/C16H23N/c1-5-7-8-12-16(17-6-2)15-11-9-10-13(3)14(15)4/h9-11,16-17H,6,8,12H2,1-4H3. The molecular formula is C16H23N. The molecule has 92 valence electrons. The third-order valence-corrected chi connectivity index (χ3v) is 3.21. The van der Waals surface area contributed by atoms with E-state index in [0.717, 1.165) is 19.4 Å². The van der Waals surface area contributed by atoms with Gasteiger partial charge in [-0.15, -0.1) is 11.8 Å². The number of nitrogens with one attached hydrogen (secondary N) is 1. The van der Waals surface area contributed by atoms with Crippen molar-refractivity contribution in [3.05, 3.63) is 34.9 Å². The molecule has 0 amide bonds. The monoisotopic (exact) mass is 229 g/mol. The molecule has 0 aromatic heterocycles. The van der Waals surface area contributed by atoms with E-state index in [-0.39, 0.29) is 0 Å². The van der Waals surface area contributed by atoms with Crippen molar-refractivity contribution in [2.24, 2.45) is 0 Å². The third-order valence-electron chi connectivity index (χ3n) is 3.21. The molecule has 1 N–H and O–H groups in total. The van der Waals surface area contributed by atoms with E-state index in [1.165, 1.54) is 16.7 Å². The lowest BCUT2D eigenvalue weighted by Crippen LogP contribution is -2.21. The van der Waals surface area contributed by atoms with E-state index in [1.807, 2.05) is 6.92 Å². The third kappa shape index (κ3) is 3.91. The van der Waals surface area contributed by atoms with Gasteiger partial charge in [-0.05, 0) is 50.4 Å². The summed E-state index contributed by atoms with van der Waals surface area (Å²) in [6.45, 7) is 9.44. The molecule has 0 aliphatic carbocycles. The molecule has 0 aliphatic rings. The van der Waals surface area contributed by atoms with Crippen molar-refractivity contribution in [1.82, 2.24) is 5.32 Å². The van der Waals surface area contributed by atoms with Gasteiger partial charge in [0.15, 0.2) is 0 Å². The predicted octanol–water partition coefficient (Wildman–Crippen LogP) is 3.76. The number of hydrogen-bond donors (Lipinski definition) is 1. The fourth-order valence-corrected chi connectivity index (χ4v) is 2.11. The van der Waals surface area contributed by atoms with Gasteiger partial charge < -0.3 is 5.32 Å². The van der Waals surface area contributed by atoms with Crippen molar-refractivity contribution in [2.75, 3.05) is 6.54 Å². The Morgan fingerprint density at radius 2 is 2.06 bits per heavy atom. The highest BCUT2D eigenvalue weighted by atomic mass is 14.9. The van der Waals surface area contributed by atoms with E-state index in [4.69, 9.17) is 0 Å². The summed E-state index contributed by atoms with van der Waals surface area (Å²) in [6, 6.07) is 6.98. The largest absolute Gasteiger partial charge is 0.310 e. The first-order valence-corrected chi connectivity index (χ1v) is 6.39. The number of aryl methyl sites for hydroxylation is 1. The van der Waals surface area contributed by atoms with E-state index in [1.54, 1.807) is 0 Å². The molecule has 0 bridgehead atoms. The van der Waals surface area contributed by atoms with Crippen LogP contribution in [-0.4, -0.2) is 6.54 Å². The van der Waals surface area contributed by atoms with Crippen molar-refractivity contribution in [1.29, 1.82) is 0 Å². The average Bonchev–Trinajstić information content (AvgIpc) is 2.32. The van der Waals surface area contributed by atoms with Gasteiger partial charge in [-0.1, -0.05) is 25.1 Å². The highest BCUT2D eigenvalue weighted by Crippen LogP contribution is 2.23. The summed E-state index contributed by atoms with van der Waals surface area (Å²) in [5, 5.41) is 3.56. The van der Waals surface area contributed by atoms with E-state index < -0.39 is 0 Å². The van der Waals surface area contributed by atoms with Crippen molar-refractivity contribution >= 4 is 0 Å². The maximum absolute atomic E-state index is 3.56. The van der Waals surface area contributed by atoms with Gasteiger partial charge in [0, 0.05) is 12.5 Å². The van der Waals surface area contributed by atoms with Crippen molar-refractivity contribution < 1.29 is 0 Å². The number of rotatable bonds is 5. The molecule has 0 heterocycles. The summed E-state index contributed by atoms with van der Waals surface area (Å²) in [7, 11) is 0. The van der Waals surface area contributed by atoms with Crippen LogP contribution in [0.25, 0.3) is 0 Å². The van der Waals surface area contributed by atoms with Gasteiger partial charge in [-0.25, -0.2) is 0 Å². The molecule has 1 atom stereocenters. The second kappa shape index (κ2) is 7.14. The Labute approximate surface area is 106 Å². The van der Waals surface area contributed by atoms with Crippen LogP contribution in [0.5, 0.6) is 0 Å². The Bertz CT molecular complexity index is 409. The summed E-state index contributed by atoms with van der Waals surface area (Å²) < 4.78 is 0. The fraction of sp³-hybridized carbons (Fsp3) is 0.500. The molecule has 1 heteroatoms. The minimum absolute atomic E-state index is 0.431. The van der Waals surface area contributed by atoms with E-state index in [0.29, 0.717) is 6.04 Å². The number of benzene rings is 1. The first-order chi connectivity index (χ1) is 8.20. The average molecular weight is 229 g/mol. The zero-order valence-electron chi connectivity index (χ0n) is 11.4.